The van der Waals surface area contributed by atoms with Gasteiger partial charge in [0.15, 0.2) is 0 Å². The maximum Gasteiger partial charge on any atom is 0.349 e. The van der Waals surface area contributed by atoms with Crippen molar-refractivity contribution in [2.45, 2.75) is 17.9 Å². The van der Waals surface area contributed by atoms with E-state index in [1.54, 1.807) is 5.38 Å². The van der Waals surface area contributed by atoms with E-state index < -0.39 is 16.0 Å². The second-order valence-corrected chi connectivity index (χ2v) is 7.15. The van der Waals surface area contributed by atoms with Crippen LogP contribution in [-0.2, 0) is 14.8 Å². The van der Waals surface area contributed by atoms with Crippen LogP contribution >= 0.6 is 23.7 Å². The fourth-order valence-corrected chi connectivity index (χ4v) is 4.83. The van der Waals surface area contributed by atoms with E-state index in [1.807, 2.05) is 6.92 Å². The first-order chi connectivity index (χ1) is 8.96. The zero-order valence-electron chi connectivity index (χ0n) is 11.2. The van der Waals surface area contributed by atoms with Gasteiger partial charge in [-0.1, -0.05) is 0 Å². The van der Waals surface area contributed by atoms with Crippen LogP contribution in [0.5, 0.6) is 0 Å². The maximum absolute atomic E-state index is 12.5. The third kappa shape index (κ3) is 3.32. The summed E-state index contributed by atoms with van der Waals surface area (Å²) in [5.41, 5.74) is 0. The molecule has 0 bridgehead atoms. The van der Waals surface area contributed by atoms with Crippen molar-refractivity contribution in [1.82, 2.24) is 9.62 Å². The summed E-state index contributed by atoms with van der Waals surface area (Å²) in [6.07, 6.45) is 0. The van der Waals surface area contributed by atoms with Gasteiger partial charge in [-0.25, -0.2) is 13.2 Å². The van der Waals surface area contributed by atoms with Gasteiger partial charge in [0, 0.05) is 25.7 Å². The van der Waals surface area contributed by atoms with Crippen molar-refractivity contribution in [3.05, 3.63) is 16.3 Å². The summed E-state index contributed by atoms with van der Waals surface area (Å²) in [5.74, 6) is -0.614. The van der Waals surface area contributed by atoms with Crippen LogP contribution in [0, 0.1) is 0 Å². The number of esters is 1. The highest BCUT2D eigenvalue weighted by atomic mass is 35.5. The number of piperazine rings is 1. The highest BCUT2D eigenvalue weighted by Gasteiger charge is 2.32. The van der Waals surface area contributed by atoms with Crippen LogP contribution in [0.4, 0.5) is 0 Å². The Balaban J connectivity index is 0.00000200. The van der Waals surface area contributed by atoms with Crippen molar-refractivity contribution >= 4 is 39.7 Å². The molecule has 0 spiro atoms. The number of hydrogen-bond donors (Lipinski definition) is 1. The summed E-state index contributed by atoms with van der Waals surface area (Å²) in [6.45, 7) is 3.34. The summed E-state index contributed by atoms with van der Waals surface area (Å²) < 4.78 is 31.1. The molecule has 1 aliphatic heterocycles. The Bertz CT molecular complexity index is 573. The molecule has 1 aromatic heterocycles. The van der Waals surface area contributed by atoms with Crippen LogP contribution in [0.3, 0.4) is 0 Å². The van der Waals surface area contributed by atoms with E-state index in [0.29, 0.717) is 19.6 Å². The Morgan fingerprint density at radius 2 is 2.25 bits per heavy atom. The second kappa shape index (κ2) is 6.86. The van der Waals surface area contributed by atoms with Gasteiger partial charge in [-0.15, -0.1) is 23.7 Å². The van der Waals surface area contributed by atoms with Gasteiger partial charge in [0.1, 0.15) is 9.77 Å². The van der Waals surface area contributed by atoms with Crippen LogP contribution < -0.4 is 5.32 Å². The van der Waals surface area contributed by atoms with E-state index in [4.69, 9.17) is 0 Å². The molecule has 2 rings (SSSR count). The molecule has 1 aromatic rings. The van der Waals surface area contributed by atoms with Crippen molar-refractivity contribution in [2.24, 2.45) is 0 Å². The molecule has 6 nitrogen and oxygen atoms in total. The van der Waals surface area contributed by atoms with Crippen LogP contribution in [0.1, 0.15) is 16.6 Å². The smallest absolute Gasteiger partial charge is 0.349 e. The van der Waals surface area contributed by atoms with Crippen molar-refractivity contribution in [3.8, 4) is 0 Å². The number of nitrogens with zero attached hydrogens (tertiary/aromatic N) is 1. The number of thiophene rings is 1. The Morgan fingerprint density at radius 3 is 2.85 bits per heavy atom. The van der Waals surface area contributed by atoms with Crippen LogP contribution in [0.25, 0.3) is 0 Å². The number of halogens is 1. The van der Waals surface area contributed by atoms with Crippen molar-refractivity contribution in [1.29, 1.82) is 0 Å². The molecule has 1 N–H and O–H groups in total. The number of sulfonamides is 1. The van der Waals surface area contributed by atoms with E-state index in [-0.39, 0.29) is 28.2 Å². The van der Waals surface area contributed by atoms with Gasteiger partial charge in [0.05, 0.1) is 7.11 Å². The minimum Gasteiger partial charge on any atom is -0.465 e. The van der Waals surface area contributed by atoms with Gasteiger partial charge in [-0.05, 0) is 18.4 Å². The van der Waals surface area contributed by atoms with Gasteiger partial charge >= 0.3 is 5.97 Å². The molecular weight excluding hydrogens is 324 g/mol. The summed E-state index contributed by atoms with van der Waals surface area (Å²) in [5, 5.41) is 4.77. The van der Waals surface area contributed by atoms with Gasteiger partial charge < -0.3 is 10.1 Å². The standard InChI is InChI=1S/C11H16N2O4S2.ClH/c1-8-7-13(5-4-12-8)19(15,16)9-3-6-18-10(9)11(14)17-2;/h3,6,8,12H,4-5,7H2,1-2H3;1H/t8-;/m1./s1. The summed E-state index contributed by atoms with van der Waals surface area (Å²) in [7, 11) is -2.39. The number of hydrogen-bond acceptors (Lipinski definition) is 6. The van der Waals surface area contributed by atoms with Gasteiger partial charge in [-0.2, -0.15) is 4.31 Å². The first-order valence-electron chi connectivity index (χ1n) is 5.86. The number of ether oxygens (including phenoxy) is 1. The van der Waals surface area contributed by atoms with Crippen LogP contribution in [0.2, 0.25) is 0 Å². The lowest BCUT2D eigenvalue weighted by Gasteiger charge is -2.30. The zero-order valence-corrected chi connectivity index (χ0v) is 13.6. The number of carbonyl (C=O) groups is 1. The van der Waals surface area contributed by atoms with Crippen molar-refractivity contribution in [2.75, 3.05) is 26.7 Å². The minimum atomic E-state index is -3.63. The number of nitrogens with one attached hydrogen (secondary N) is 1. The monoisotopic (exact) mass is 340 g/mol. The number of carbonyl (C=O) groups excluding carboxylic acids is 1. The Labute approximate surface area is 128 Å². The minimum absolute atomic E-state index is 0. The molecule has 0 radical (unpaired) electrons. The van der Waals surface area contributed by atoms with Gasteiger partial charge in [-0.3, -0.25) is 0 Å². The average Bonchev–Trinajstić information content (AvgIpc) is 2.87. The van der Waals surface area contributed by atoms with Crippen LogP contribution in [-0.4, -0.2) is 51.5 Å². The topological polar surface area (TPSA) is 75.7 Å². The Kier molecular flexibility index (Phi) is 5.96. The molecule has 114 valence electrons. The molecule has 1 aliphatic rings. The quantitative estimate of drug-likeness (QED) is 0.829. The first-order valence-corrected chi connectivity index (χ1v) is 8.18. The zero-order chi connectivity index (χ0) is 14.0. The normalized spacial score (nSPS) is 20.2. The molecule has 20 heavy (non-hydrogen) atoms. The SMILES string of the molecule is COC(=O)c1sccc1S(=O)(=O)N1CCN[C@H](C)C1.Cl. The third-order valence-electron chi connectivity index (χ3n) is 2.95. The molecule has 1 saturated heterocycles. The molecule has 0 aliphatic carbocycles. The lowest BCUT2D eigenvalue weighted by atomic mass is 10.3. The first kappa shape index (κ1) is 17.4. The van der Waals surface area contributed by atoms with Crippen molar-refractivity contribution in [3.63, 3.8) is 0 Å². The fourth-order valence-electron chi connectivity index (χ4n) is 2.00. The van der Waals surface area contributed by atoms with E-state index in [9.17, 15) is 13.2 Å². The number of rotatable bonds is 3. The third-order valence-corrected chi connectivity index (χ3v) is 5.88. The predicted molar refractivity (Wildman–Crippen MR) is 79.1 cm³/mol. The average molecular weight is 341 g/mol. The Morgan fingerprint density at radius 1 is 1.55 bits per heavy atom. The molecule has 0 saturated carbocycles. The summed E-state index contributed by atoms with van der Waals surface area (Å²) in [6, 6.07) is 1.56. The number of methoxy groups -OCH3 is 1. The summed E-state index contributed by atoms with van der Waals surface area (Å²) >= 11 is 1.08. The molecule has 0 aromatic carbocycles. The van der Waals surface area contributed by atoms with E-state index in [1.165, 1.54) is 17.5 Å². The molecule has 0 amide bonds. The molecule has 2 heterocycles. The van der Waals surface area contributed by atoms with Crippen molar-refractivity contribution < 1.29 is 17.9 Å². The predicted octanol–water partition coefficient (Wildman–Crippen LogP) is 0.939. The highest BCUT2D eigenvalue weighted by molar-refractivity contribution is 7.89. The van der Waals surface area contributed by atoms with Gasteiger partial charge in [0.2, 0.25) is 10.0 Å². The van der Waals surface area contributed by atoms with E-state index in [0.717, 1.165) is 11.3 Å². The van der Waals surface area contributed by atoms with E-state index >= 15 is 0 Å². The highest BCUT2D eigenvalue weighted by Crippen LogP contribution is 2.26. The van der Waals surface area contributed by atoms with Gasteiger partial charge in [0.25, 0.3) is 0 Å². The summed E-state index contributed by atoms with van der Waals surface area (Å²) in [4.78, 5) is 11.8. The van der Waals surface area contributed by atoms with E-state index in [2.05, 4.69) is 10.1 Å². The maximum atomic E-state index is 12.5. The fraction of sp³-hybridized carbons (Fsp3) is 0.545. The molecule has 9 heteroatoms. The van der Waals surface area contributed by atoms with Crippen LogP contribution in [0.15, 0.2) is 16.3 Å². The largest absolute Gasteiger partial charge is 0.465 e. The Hall–Kier alpha value is -0.670. The molecule has 0 unspecified atom stereocenters. The molecule has 1 fully saturated rings. The molecule has 1 atom stereocenters. The second-order valence-electron chi connectivity index (χ2n) is 4.32. The lowest BCUT2D eigenvalue weighted by molar-refractivity contribution is 0.0602. The molecular formula is C11H17ClN2O4S2. The lowest BCUT2D eigenvalue weighted by Crippen LogP contribution is -2.51.